The van der Waals surface area contributed by atoms with Crippen molar-refractivity contribution < 1.29 is 4.52 Å². The van der Waals surface area contributed by atoms with Gasteiger partial charge in [0.15, 0.2) is 0 Å². The molecule has 0 aliphatic rings. The number of aromatic nitrogens is 3. The van der Waals surface area contributed by atoms with Gasteiger partial charge in [-0.05, 0) is 6.07 Å². The summed E-state index contributed by atoms with van der Waals surface area (Å²) in [5.41, 5.74) is 1.77. The van der Waals surface area contributed by atoms with E-state index in [1.807, 2.05) is 13.1 Å². The van der Waals surface area contributed by atoms with Gasteiger partial charge in [0.25, 0.3) is 0 Å². The van der Waals surface area contributed by atoms with Gasteiger partial charge in [-0.3, -0.25) is 4.68 Å². The predicted molar refractivity (Wildman–Crippen MR) is 38.7 cm³/mol. The lowest BCUT2D eigenvalue weighted by Crippen LogP contribution is -1.92. The van der Waals surface area contributed by atoms with Gasteiger partial charge in [0, 0.05) is 19.3 Å². The maximum Gasteiger partial charge on any atom is 0.131 e. The maximum atomic E-state index is 4.70. The lowest BCUT2D eigenvalue weighted by atomic mass is 10.3. The first-order valence-electron chi connectivity index (χ1n) is 3.26. The topological polar surface area (TPSA) is 43.9 Å². The van der Waals surface area contributed by atoms with Gasteiger partial charge in [0.1, 0.15) is 12.0 Å². The van der Waals surface area contributed by atoms with Crippen LogP contribution in [-0.2, 0) is 7.05 Å². The molecule has 0 spiro atoms. The average Bonchev–Trinajstić information content (AvgIpc) is 2.55. The first kappa shape index (κ1) is 6.15. The Morgan fingerprint density at radius 1 is 1.45 bits per heavy atom. The molecule has 56 valence electrons. The van der Waals surface area contributed by atoms with Crippen molar-refractivity contribution in [3.8, 4) is 11.4 Å². The van der Waals surface area contributed by atoms with Gasteiger partial charge < -0.3 is 4.52 Å². The molecule has 2 rings (SSSR count). The molecule has 0 saturated heterocycles. The molecule has 0 aromatic carbocycles. The van der Waals surface area contributed by atoms with E-state index in [1.54, 1.807) is 23.2 Å². The molecule has 0 amide bonds. The van der Waals surface area contributed by atoms with Crippen LogP contribution < -0.4 is 0 Å². The van der Waals surface area contributed by atoms with Crippen LogP contribution in [0.3, 0.4) is 0 Å². The lowest BCUT2D eigenvalue weighted by molar-refractivity contribution is 0.421. The minimum absolute atomic E-state index is 0.810. The Labute approximate surface area is 63.4 Å². The zero-order valence-electron chi connectivity index (χ0n) is 6.06. The van der Waals surface area contributed by atoms with Crippen LogP contribution >= 0.6 is 0 Å². The Morgan fingerprint density at radius 3 is 2.91 bits per heavy atom. The van der Waals surface area contributed by atoms with Gasteiger partial charge in [-0.2, -0.15) is 5.10 Å². The fraction of sp³-hybridized carbons (Fsp3) is 0.143. The Morgan fingerprint density at radius 2 is 2.36 bits per heavy atom. The fourth-order valence-electron chi connectivity index (χ4n) is 0.970. The molecule has 2 aromatic rings. The summed E-state index contributed by atoms with van der Waals surface area (Å²) in [6.07, 6.45) is 3.27. The van der Waals surface area contributed by atoms with Crippen molar-refractivity contribution in [2.75, 3.05) is 0 Å². The lowest BCUT2D eigenvalue weighted by Gasteiger charge is -1.93. The number of aryl methyl sites for hydroxylation is 1. The fourth-order valence-corrected chi connectivity index (χ4v) is 0.970. The quantitative estimate of drug-likeness (QED) is 0.609. The number of rotatable bonds is 1. The third-order valence-electron chi connectivity index (χ3n) is 1.52. The summed E-state index contributed by atoms with van der Waals surface area (Å²) in [6, 6.07) is 3.69. The Hall–Kier alpha value is -1.58. The standard InChI is InChI=1S/C7H7N3O/c1-10-7(2-4-8-10)6-3-5-11-9-6/h2-5H,1H3. The summed E-state index contributed by atoms with van der Waals surface area (Å²) in [5.74, 6) is 0. The molecule has 2 heterocycles. The summed E-state index contributed by atoms with van der Waals surface area (Å²) in [7, 11) is 1.87. The molecular formula is C7H7N3O. The highest BCUT2D eigenvalue weighted by atomic mass is 16.5. The molecule has 0 bridgehead atoms. The van der Waals surface area contributed by atoms with E-state index in [0.717, 1.165) is 11.4 Å². The highest BCUT2D eigenvalue weighted by Gasteiger charge is 2.03. The van der Waals surface area contributed by atoms with Gasteiger partial charge >= 0.3 is 0 Å². The second-order valence-electron chi connectivity index (χ2n) is 2.22. The van der Waals surface area contributed by atoms with Gasteiger partial charge in [-0.25, -0.2) is 0 Å². The summed E-state index contributed by atoms with van der Waals surface area (Å²) in [4.78, 5) is 0. The van der Waals surface area contributed by atoms with Gasteiger partial charge in [0.2, 0.25) is 0 Å². The van der Waals surface area contributed by atoms with Crippen LogP contribution in [0.4, 0.5) is 0 Å². The third kappa shape index (κ3) is 0.920. The monoisotopic (exact) mass is 149 g/mol. The molecule has 0 atom stereocenters. The van der Waals surface area contributed by atoms with Crippen LogP contribution in [-0.4, -0.2) is 14.9 Å². The van der Waals surface area contributed by atoms with Crippen molar-refractivity contribution in [3.05, 3.63) is 24.6 Å². The molecule has 4 nitrogen and oxygen atoms in total. The van der Waals surface area contributed by atoms with E-state index in [9.17, 15) is 0 Å². The molecule has 0 fully saturated rings. The van der Waals surface area contributed by atoms with E-state index < -0.39 is 0 Å². The largest absolute Gasteiger partial charge is 0.364 e. The van der Waals surface area contributed by atoms with Crippen molar-refractivity contribution in [1.29, 1.82) is 0 Å². The van der Waals surface area contributed by atoms with E-state index in [0.29, 0.717) is 0 Å². The van der Waals surface area contributed by atoms with E-state index in [4.69, 9.17) is 4.52 Å². The van der Waals surface area contributed by atoms with E-state index in [2.05, 4.69) is 10.3 Å². The second kappa shape index (κ2) is 2.23. The normalized spacial score (nSPS) is 10.3. The number of nitrogens with zero attached hydrogens (tertiary/aromatic N) is 3. The van der Waals surface area contributed by atoms with Gasteiger partial charge in [-0.15, -0.1) is 0 Å². The van der Waals surface area contributed by atoms with Crippen LogP contribution in [0, 0.1) is 0 Å². The number of hydrogen-bond acceptors (Lipinski definition) is 3. The molecule has 11 heavy (non-hydrogen) atoms. The molecule has 0 unspecified atom stereocenters. The van der Waals surface area contributed by atoms with Gasteiger partial charge in [-0.1, -0.05) is 5.16 Å². The van der Waals surface area contributed by atoms with E-state index in [-0.39, 0.29) is 0 Å². The number of hydrogen-bond donors (Lipinski definition) is 0. The first-order chi connectivity index (χ1) is 5.38. The first-order valence-corrected chi connectivity index (χ1v) is 3.26. The summed E-state index contributed by atoms with van der Waals surface area (Å²) in [6.45, 7) is 0. The van der Waals surface area contributed by atoms with Crippen molar-refractivity contribution in [2.45, 2.75) is 0 Å². The van der Waals surface area contributed by atoms with Crippen molar-refractivity contribution >= 4 is 0 Å². The minimum atomic E-state index is 0.810. The minimum Gasteiger partial charge on any atom is -0.364 e. The van der Waals surface area contributed by atoms with Crippen molar-refractivity contribution in [2.24, 2.45) is 7.05 Å². The van der Waals surface area contributed by atoms with Crippen LogP contribution in [0.5, 0.6) is 0 Å². The molecular weight excluding hydrogens is 142 g/mol. The second-order valence-corrected chi connectivity index (χ2v) is 2.22. The van der Waals surface area contributed by atoms with Crippen molar-refractivity contribution in [3.63, 3.8) is 0 Å². The molecule has 0 N–H and O–H groups in total. The Bertz CT molecular complexity index is 336. The Balaban J connectivity index is 2.53. The molecule has 2 aromatic heterocycles. The molecule has 0 aliphatic heterocycles. The summed E-state index contributed by atoms with van der Waals surface area (Å²) < 4.78 is 6.45. The summed E-state index contributed by atoms with van der Waals surface area (Å²) >= 11 is 0. The highest BCUT2D eigenvalue weighted by molar-refractivity contribution is 5.52. The van der Waals surface area contributed by atoms with Crippen LogP contribution in [0.1, 0.15) is 0 Å². The smallest absolute Gasteiger partial charge is 0.131 e. The van der Waals surface area contributed by atoms with Gasteiger partial charge in [0.05, 0.1) is 5.69 Å². The average molecular weight is 149 g/mol. The molecule has 4 heteroatoms. The zero-order chi connectivity index (χ0) is 7.68. The SMILES string of the molecule is Cn1nccc1-c1ccon1. The van der Waals surface area contributed by atoms with Crippen LogP contribution in [0.15, 0.2) is 29.1 Å². The highest BCUT2D eigenvalue weighted by Crippen LogP contribution is 2.14. The van der Waals surface area contributed by atoms with Crippen LogP contribution in [0.25, 0.3) is 11.4 Å². The van der Waals surface area contributed by atoms with Crippen molar-refractivity contribution in [1.82, 2.24) is 14.9 Å². The van der Waals surface area contributed by atoms with E-state index >= 15 is 0 Å². The predicted octanol–water partition coefficient (Wildman–Crippen LogP) is 1.08. The molecule has 0 aliphatic carbocycles. The maximum absolute atomic E-state index is 4.70. The van der Waals surface area contributed by atoms with Crippen LogP contribution in [0.2, 0.25) is 0 Å². The third-order valence-corrected chi connectivity index (χ3v) is 1.52. The summed E-state index contributed by atoms with van der Waals surface area (Å²) in [5, 5.41) is 7.79. The Kier molecular flexibility index (Phi) is 1.25. The van der Waals surface area contributed by atoms with E-state index in [1.165, 1.54) is 0 Å². The molecule has 0 saturated carbocycles. The zero-order valence-corrected chi connectivity index (χ0v) is 6.06. The molecule has 0 radical (unpaired) electrons.